The molecule has 1 fully saturated rings. The van der Waals surface area contributed by atoms with E-state index < -0.39 is 17.9 Å². The summed E-state index contributed by atoms with van der Waals surface area (Å²) in [7, 11) is 0. The molecule has 3 heterocycles. The third-order valence-electron chi connectivity index (χ3n) is 5.99. The van der Waals surface area contributed by atoms with E-state index in [1.165, 1.54) is 17.2 Å². The Morgan fingerprint density at radius 2 is 1.89 bits per heavy atom. The standard InChI is InChI=1S/C23H22F4N6O3/c1-12(2)19-31-21(36-32-19)13-3-5-14(6-4-13)34-22-16-10-30-33(20(16)28-11-29-22)18-8-7-15(9-17(18)24)35-23(25,26)27/h7-14H,3-6H2,1-2H3. The minimum Gasteiger partial charge on any atom is -0.474 e. The molecule has 0 radical (unpaired) electrons. The van der Waals surface area contributed by atoms with Gasteiger partial charge in [-0.2, -0.15) is 10.1 Å². The maximum absolute atomic E-state index is 14.6. The number of hydrogen-bond donors (Lipinski definition) is 0. The van der Waals surface area contributed by atoms with E-state index in [4.69, 9.17) is 9.26 Å². The first-order chi connectivity index (χ1) is 17.2. The van der Waals surface area contributed by atoms with Crippen LogP contribution in [0.1, 0.15) is 63.1 Å². The molecule has 0 atom stereocenters. The van der Waals surface area contributed by atoms with Crippen LogP contribution < -0.4 is 9.47 Å². The van der Waals surface area contributed by atoms with Gasteiger partial charge in [0.1, 0.15) is 29.3 Å². The largest absolute Gasteiger partial charge is 0.573 e. The fourth-order valence-corrected chi connectivity index (χ4v) is 4.18. The average Bonchev–Trinajstić information content (AvgIpc) is 3.47. The van der Waals surface area contributed by atoms with E-state index in [0.717, 1.165) is 37.8 Å². The molecule has 9 nitrogen and oxygen atoms in total. The molecular weight excluding hydrogens is 484 g/mol. The maximum atomic E-state index is 14.6. The van der Waals surface area contributed by atoms with Gasteiger partial charge < -0.3 is 14.0 Å². The third kappa shape index (κ3) is 4.95. The molecule has 5 rings (SSSR count). The Balaban J connectivity index is 1.30. The predicted octanol–water partition coefficient (Wildman–Crippen LogP) is 5.46. The first-order valence-electron chi connectivity index (χ1n) is 11.4. The number of fused-ring (bicyclic) bond motifs is 1. The number of hydrogen-bond acceptors (Lipinski definition) is 8. The molecule has 0 aliphatic heterocycles. The average molecular weight is 506 g/mol. The Bertz CT molecular complexity index is 1360. The lowest BCUT2D eigenvalue weighted by atomic mass is 9.87. The maximum Gasteiger partial charge on any atom is 0.573 e. The second-order valence-corrected chi connectivity index (χ2v) is 8.87. The molecule has 190 valence electrons. The summed E-state index contributed by atoms with van der Waals surface area (Å²) in [6, 6.07) is 2.78. The zero-order valence-electron chi connectivity index (χ0n) is 19.4. The Hall–Kier alpha value is -3.77. The smallest absolute Gasteiger partial charge is 0.474 e. The van der Waals surface area contributed by atoms with Gasteiger partial charge in [-0.15, -0.1) is 13.2 Å². The minimum absolute atomic E-state index is 0.0926. The van der Waals surface area contributed by atoms with Crippen molar-refractivity contribution >= 4 is 11.0 Å². The minimum atomic E-state index is -4.92. The zero-order valence-corrected chi connectivity index (χ0v) is 19.4. The molecule has 3 aromatic heterocycles. The molecule has 1 saturated carbocycles. The molecule has 1 aromatic carbocycles. The van der Waals surface area contributed by atoms with Crippen molar-refractivity contribution in [1.29, 1.82) is 0 Å². The number of nitrogens with zero attached hydrogens (tertiary/aromatic N) is 6. The Labute approximate surface area is 202 Å². The van der Waals surface area contributed by atoms with Gasteiger partial charge >= 0.3 is 6.36 Å². The van der Waals surface area contributed by atoms with Crippen molar-refractivity contribution < 1.29 is 31.6 Å². The van der Waals surface area contributed by atoms with E-state index in [9.17, 15) is 17.6 Å². The van der Waals surface area contributed by atoms with Crippen molar-refractivity contribution in [3.05, 3.63) is 48.3 Å². The van der Waals surface area contributed by atoms with Crippen LogP contribution in [-0.4, -0.2) is 42.4 Å². The van der Waals surface area contributed by atoms with Gasteiger partial charge in [0.25, 0.3) is 0 Å². The predicted molar refractivity (Wildman–Crippen MR) is 117 cm³/mol. The number of rotatable bonds is 6. The van der Waals surface area contributed by atoms with Crippen LogP contribution in [-0.2, 0) is 0 Å². The Morgan fingerprint density at radius 3 is 2.56 bits per heavy atom. The highest BCUT2D eigenvalue weighted by molar-refractivity contribution is 5.81. The van der Waals surface area contributed by atoms with Crippen LogP contribution in [0, 0.1) is 5.82 Å². The summed E-state index contributed by atoms with van der Waals surface area (Å²) in [6.07, 6.45) is 0.801. The molecule has 4 aromatic rings. The normalized spacial score (nSPS) is 18.6. The van der Waals surface area contributed by atoms with Crippen LogP contribution in [0.15, 0.2) is 35.2 Å². The first kappa shape index (κ1) is 23.9. The van der Waals surface area contributed by atoms with Crippen LogP contribution in [0.4, 0.5) is 17.6 Å². The van der Waals surface area contributed by atoms with Gasteiger partial charge in [-0.1, -0.05) is 19.0 Å². The summed E-state index contributed by atoms with van der Waals surface area (Å²) in [5.74, 6) is 0.387. The summed E-state index contributed by atoms with van der Waals surface area (Å²) in [5, 5.41) is 8.65. The number of aromatic nitrogens is 6. The molecule has 13 heteroatoms. The van der Waals surface area contributed by atoms with E-state index in [1.54, 1.807) is 0 Å². The first-order valence-corrected chi connectivity index (χ1v) is 11.4. The van der Waals surface area contributed by atoms with Gasteiger partial charge in [-0.25, -0.2) is 19.0 Å². The lowest BCUT2D eigenvalue weighted by Gasteiger charge is -2.26. The van der Waals surface area contributed by atoms with Gasteiger partial charge in [0, 0.05) is 17.9 Å². The fourth-order valence-electron chi connectivity index (χ4n) is 4.18. The highest BCUT2D eigenvalue weighted by Crippen LogP contribution is 2.35. The molecule has 0 amide bonds. The van der Waals surface area contributed by atoms with Gasteiger partial charge in [-0.3, -0.25) is 0 Å². The van der Waals surface area contributed by atoms with Crippen LogP contribution in [0.5, 0.6) is 11.6 Å². The molecule has 0 saturated heterocycles. The summed E-state index contributed by atoms with van der Waals surface area (Å²) >= 11 is 0. The highest BCUT2D eigenvalue weighted by Gasteiger charge is 2.32. The highest BCUT2D eigenvalue weighted by atomic mass is 19.4. The number of ether oxygens (including phenoxy) is 2. The molecule has 0 N–H and O–H groups in total. The van der Waals surface area contributed by atoms with E-state index in [2.05, 4.69) is 29.9 Å². The second-order valence-electron chi connectivity index (χ2n) is 8.87. The van der Waals surface area contributed by atoms with Crippen molar-refractivity contribution in [2.24, 2.45) is 0 Å². The van der Waals surface area contributed by atoms with Crippen molar-refractivity contribution in [3.8, 4) is 17.3 Å². The van der Waals surface area contributed by atoms with Crippen LogP contribution in [0.25, 0.3) is 16.7 Å². The molecule has 1 aliphatic carbocycles. The van der Waals surface area contributed by atoms with Gasteiger partial charge in [-0.05, 0) is 37.8 Å². The molecular formula is C23H22F4N6O3. The SMILES string of the molecule is CC(C)c1noc(C2CCC(Oc3ncnc4c3cnn4-c3ccc(OC(F)(F)F)cc3F)CC2)n1. The van der Waals surface area contributed by atoms with E-state index >= 15 is 0 Å². The lowest BCUT2D eigenvalue weighted by Crippen LogP contribution is -2.24. The van der Waals surface area contributed by atoms with E-state index in [1.807, 2.05) is 13.8 Å². The molecule has 1 aliphatic rings. The topological polar surface area (TPSA) is 101 Å². The van der Waals surface area contributed by atoms with E-state index in [0.29, 0.717) is 29.0 Å². The van der Waals surface area contributed by atoms with E-state index in [-0.39, 0.29) is 29.3 Å². The summed E-state index contributed by atoms with van der Waals surface area (Å²) in [4.78, 5) is 12.9. The lowest BCUT2D eigenvalue weighted by molar-refractivity contribution is -0.274. The summed E-state index contributed by atoms with van der Waals surface area (Å²) in [6.45, 7) is 4.02. The van der Waals surface area contributed by atoms with Crippen LogP contribution >= 0.6 is 0 Å². The van der Waals surface area contributed by atoms with Crippen molar-refractivity contribution in [2.75, 3.05) is 0 Å². The number of halogens is 4. The molecule has 36 heavy (non-hydrogen) atoms. The molecule has 0 unspecified atom stereocenters. The zero-order chi connectivity index (χ0) is 25.4. The number of benzene rings is 1. The quantitative estimate of drug-likeness (QED) is 0.318. The van der Waals surface area contributed by atoms with Crippen molar-refractivity contribution in [1.82, 2.24) is 29.9 Å². The number of alkyl halides is 3. The molecule has 0 bridgehead atoms. The van der Waals surface area contributed by atoms with Crippen LogP contribution in [0.3, 0.4) is 0 Å². The molecule has 0 spiro atoms. The monoisotopic (exact) mass is 506 g/mol. The second kappa shape index (κ2) is 9.36. The fraction of sp³-hybridized carbons (Fsp3) is 0.435. The Morgan fingerprint density at radius 1 is 1.11 bits per heavy atom. The van der Waals surface area contributed by atoms with Gasteiger partial charge in [0.2, 0.25) is 11.8 Å². The van der Waals surface area contributed by atoms with Gasteiger partial charge in [0.15, 0.2) is 17.3 Å². The Kier molecular flexibility index (Phi) is 6.22. The van der Waals surface area contributed by atoms with Gasteiger partial charge in [0.05, 0.1) is 6.20 Å². The van der Waals surface area contributed by atoms with Crippen LogP contribution in [0.2, 0.25) is 0 Å². The van der Waals surface area contributed by atoms with Crippen molar-refractivity contribution in [3.63, 3.8) is 0 Å². The summed E-state index contributed by atoms with van der Waals surface area (Å²) < 4.78 is 68.4. The summed E-state index contributed by atoms with van der Waals surface area (Å²) in [5.41, 5.74) is 0.161. The third-order valence-corrected chi connectivity index (χ3v) is 5.99. The van der Waals surface area contributed by atoms with Crippen molar-refractivity contribution in [2.45, 2.75) is 63.8 Å².